The van der Waals surface area contributed by atoms with Crippen LogP contribution in [0.1, 0.15) is 0 Å². The van der Waals surface area contributed by atoms with E-state index in [0.29, 0.717) is 17.7 Å². The van der Waals surface area contributed by atoms with Gasteiger partial charge in [-0.2, -0.15) is 9.97 Å². The zero-order valence-electron chi connectivity index (χ0n) is 10.1. The summed E-state index contributed by atoms with van der Waals surface area (Å²) in [6.07, 6.45) is 0. The third-order valence-electron chi connectivity index (χ3n) is 2.38. The van der Waals surface area contributed by atoms with Gasteiger partial charge in [-0.1, -0.05) is 0 Å². The highest BCUT2D eigenvalue weighted by atomic mass is 79.9. The number of halogens is 2. The van der Waals surface area contributed by atoms with E-state index in [9.17, 15) is 0 Å². The van der Waals surface area contributed by atoms with Crippen LogP contribution in [0.4, 0.5) is 0 Å². The highest BCUT2D eigenvalue weighted by Crippen LogP contribution is 2.33. The standard InChI is InChI=1S/C12H7Br2N3OS2/c1-18-12-16-10(6-2-4-8(13)19-6)15-11(17-12)7-3-5-9(14)20-7/h2-5H,1H3. The lowest BCUT2D eigenvalue weighted by Gasteiger charge is -2.03. The van der Waals surface area contributed by atoms with E-state index in [1.54, 1.807) is 29.8 Å². The maximum absolute atomic E-state index is 5.18. The number of nitrogens with zero attached hydrogens (tertiary/aromatic N) is 3. The predicted molar refractivity (Wildman–Crippen MR) is 88.4 cm³/mol. The van der Waals surface area contributed by atoms with E-state index >= 15 is 0 Å². The summed E-state index contributed by atoms with van der Waals surface area (Å²) in [4.78, 5) is 15.1. The number of rotatable bonds is 3. The molecule has 3 aromatic heterocycles. The summed E-state index contributed by atoms with van der Waals surface area (Å²) in [5, 5.41) is 0. The Bertz CT molecular complexity index is 698. The zero-order chi connectivity index (χ0) is 14.1. The molecule has 0 spiro atoms. The van der Waals surface area contributed by atoms with Gasteiger partial charge in [-0.05, 0) is 56.1 Å². The van der Waals surface area contributed by atoms with Crippen LogP contribution in [-0.2, 0) is 0 Å². The first-order valence-corrected chi connectivity index (χ1v) is 8.69. The van der Waals surface area contributed by atoms with Crippen LogP contribution in [0.3, 0.4) is 0 Å². The van der Waals surface area contributed by atoms with Gasteiger partial charge in [-0.25, -0.2) is 4.98 Å². The Morgan fingerprint density at radius 3 is 1.70 bits per heavy atom. The number of hydrogen-bond donors (Lipinski definition) is 0. The molecule has 3 aromatic rings. The summed E-state index contributed by atoms with van der Waals surface area (Å²) < 4.78 is 7.24. The van der Waals surface area contributed by atoms with Gasteiger partial charge in [0.15, 0.2) is 11.6 Å². The van der Waals surface area contributed by atoms with Gasteiger partial charge < -0.3 is 4.74 Å². The largest absolute Gasteiger partial charge is 0.467 e. The lowest BCUT2D eigenvalue weighted by Crippen LogP contribution is -1.98. The van der Waals surface area contributed by atoms with Crippen LogP contribution in [0.2, 0.25) is 0 Å². The second-order valence-electron chi connectivity index (χ2n) is 3.68. The van der Waals surface area contributed by atoms with Crippen LogP contribution < -0.4 is 4.74 Å². The number of ether oxygens (including phenoxy) is 1. The van der Waals surface area contributed by atoms with Crippen LogP contribution in [0.5, 0.6) is 6.01 Å². The van der Waals surface area contributed by atoms with Crippen molar-refractivity contribution in [3.05, 3.63) is 31.8 Å². The van der Waals surface area contributed by atoms with Gasteiger partial charge in [0.25, 0.3) is 0 Å². The zero-order valence-corrected chi connectivity index (χ0v) is 14.9. The first kappa shape index (κ1) is 14.1. The minimum Gasteiger partial charge on any atom is -0.467 e. The molecule has 0 aliphatic heterocycles. The fourth-order valence-corrected chi connectivity index (χ4v) is 4.18. The van der Waals surface area contributed by atoms with Crippen molar-refractivity contribution >= 4 is 54.5 Å². The van der Waals surface area contributed by atoms with Gasteiger partial charge >= 0.3 is 6.01 Å². The quantitative estimate of drug-likeness (QED) is 0.592. The Morgan fingerprint density at radius 2 is 1.35 bits per heavy atom. The molecule has 3 heterocycles. The Hall–Kier alpha value is -0.830. The van der Waals surface area contributed by atoms with Crippen molar-refractivity contribution in [1.29, 1.82) is 0 Å². The van der Waals surface area contributed by atoms with Gasteiger partial charge in [-0.15, -0.1) is 22.7 Å². The second kappa shape index (κ2) is 5.88. The minimum atomic E-state index is 0.319. The molecule has 0 unspecified atom stereocenters. The predicted octanol–water partition coefficient (Wildman–Crippen LogP) is 4.86. The molecule has 20 heavy (non-hydrogen) atoms. The topological polar surface area (TPSA) is 47.9 Å². The van der Waals surface area contributed by atoms with E-state index in [2.05, 4.69) is 46.8 Å². The monoisotopic (exact) mass is 431 g/mol. The van der Waals surface area contributed by atoms with Crippen molar-refractivity contribution in [2.45, 2.75) is 0 Å². The minimum absolute atomic E-state index is 0.319. The lowest BCUT2D eigenvalue weighted by atomic mass is 10.4. The van der Waals surface area contributed by atoms with Gasteiger partial charge in [0.1, 0.15) is 0 Å². The molecule has 0 N–H and O–H groups in total. The molecule has 4 nitrogen and oxygen atoms in total. The van der Waals surface area contributed by atoms with Crippen molar-refractivity contribution in [3.63, 3.8) is 0 Å². The fourth-order valence-electron chi connectivity index (χ4n) is 1.54. The molecule has 0 aliphatic rings. The highest BCUT2D eigenvalue weighted by Gasteiger charge is 2.13. The summed E-state index contributed by atoms with van der Waals surface area (Å²) in [6.45, 7) is 0. The van der Waals surface area contributed by atoms with Crippen LogP contribution in [0, 0.1) is 0 Å². The molecule has 0 saturated heterocycles. The van der Waals surface area contributed by atoms with Crippen LogP contribution in [0.25, 0.3) is 21.4 Å². The molecule has 8 heteroatoms. The number of hydrogen-bond acceptors (Lipinski definition) is 6. The molecule has 0 bridgehead atoms. The van der Waals surface area contributed by atoms with Crippen molar-refractivity contribution in [3.8, 4) is 27.4 Å². The Morgan fingerprint density at radius 1 is 0.850 bits per heavy atom. The van der Waals surface area contributed by atoms with Gasteiger partial charge in [-0.3, -0.25) is 0 Å². The summed E-state index contributed by atoms with van der Waals surface area (Å²) in [6, 6.07) is 8.20. The number of methoxy groups -OCH3 is 1. The molecule has 102 valence electrons. The molecular weight excluding hydrogens is 426 g/mol. The first-order valence-electron chi connectivity index (χ1n) is 5.47. The van der Waals surface area contributed by atoms with Gasteiger partial charge in [0, 0.05) is 0 Å². The summed E-state index contributed by atoms with van der Waals surface area (Å²) in [7, 11) is 1.55. The Balaban J connectivity index is 2.12. The van der Waals surface area contributed by atoms with E-state index in [0.717, 1.165) is 17.3 Å². The third-order valence-corrected chi connectivity index (χ3v) is 5.62. The molecule has 0 aromatic carbocycles. The second-order valence-corrected chi connectivity index (χ2v) is 8.60. The van der Waals surface area contributed by atoms with Crippen molar-refractivity contribution in [2.75, 3.05) is 7.11 Å². The number of thiophene rings is 2. The lowest BCUT2D eigenvalue weighted by molar-refractivity contribution is 0.379. The normalized spacial score (nSPS) is 10.8. The molecule has 0 saturated carbocycles. The Labute approximate surface area is 140 Å². The smallest absolute Gasteiger partial charge is 0.320 e. The van der Waals surface area contributed by atoms with Crippen LogP contribution in [0.15, 0.2) is 31.8 Å². The molecule has 0 aliphatic carbocycles. The third kappa shape index (κ3) is 2.93. The SMILES string of the molecule is COc1nc(-c2ccc(Br)s2)nc(-c2ccc(Br)s2)n1. The van der Waals surface area contributed by atoms with Crippen LogP contribution in [-0.4, -0.2) is 22.1 Å². The van der Waals surface area contributed by atoms with E-state index < -0.39 is 0 Å². The van der Waals surface area contributed by atoms with Crippen molar-refractivity contribution in [2.24, 2.45) is 0 Å². The molecule has 0 amide bonds. The van der Waals surface area contributed by atoms with Crippen molar-refractivity contribution < 1.29 is 4.74 Å². The summed E-state index contributed by atoms with van der Waals surface area (Å²) >= 11 is 10.0. The maximum Gasteiger partial charge on any atom is 0.320 e. The van der Waals surface area contributed by atoms with Gasteiger partial charge in [0.2, 0.25) is 0 Å². The van der Waals surface area contributed by atoms with Crippen LogP contribution >= 0.6 is 54.5 Å². The highest BCUT2D eigenvalue weighted by molar-refractivity contribution is 9.11. The molecule has 0 radical (unpaired) electrons. The average Bonchev–Trinajstić information content (AvgIpc) is 3.07. The van der Waals surface area contributed by atoms with Gasteiger partial charge in [0.05, 0.1) is 24.4 Å². The molecule has 3 rings (SSSR count). The van der Waals surface area contributed by atoms with Crippen molar-refractivity contribution in [1.82, 2.24) is 15.0 Å². The maximum atomic E-state index is 5.18. The van der Waals surface area contributed by atoms with E-state index in [-0.39, 0.29) is 0 Å². The summed E-state index contributed by atoms with van der Waals surface area (Å²) in [5.41, 5.74) is 0. The molecular formula is C12H7Br2N3OS2. The first-order chi connectivity index (χ1) is 9.65. The fraction of sp³-hybridized carbons (Fsp3) is 0.0833. The number of aromatic nitrogens is 3. The molecule has 0 atom stereocenters. The average molecular weight is 433 g/mol. The Kier molecular flexibility index (Phi) is 4.16. The van der Waals surface area contributed by atoms with E-state index in [1.165, 1.54) is 0 Å². The molecule has 0 fully saturated rings. The van der Waals surface area contributed by atoms with E-state index in [4.69, 9.17) is 4.74 Å². The van der Waals surface area contributed by atoms with E-state index in [1.807, 2.05) is 24.3 Å². The summed E-state index contributed by atoms with van der Waals surface area (Å²) in [5.74, 6) is 1.24.